The van der Waals surface area contributed by atoms with Crippen LogP contribution in [0, 0.1) is 11.3 Å². The number of ether oxygens (including phenoxy) is 1. The van der Waals surface area contributed by atoms with Gasteiger partial charge in [-0.25, -0.2) is 4.98 Å². The standard InChI is InChI=1S/C13H15ClN4OS/c1-9-7-19-5-4-17(9)11-6-10(2-3-15)12-13(16-11)18(14)8-20-12/h6,9H,2,4-5,7-8H2,1H3/t9-/m1/s1. The van der Waals surface area contributed by atoms with E-state index in [4.69, 9.17) is 21.8 Å². The second-order valence-corrected chi connectivity index (χ2v) is 6.24. The number of thioether (sulfide) groups is 1. The van der Waals surface area contributed by atoms with E-state index in [0.29, 0.717) is 25.5 Å². The summed E-state index contributed by atoms with van der Waals surface area (Å²) in [6, 6.07) is 4.52. The molecular formula is C13H15ClN4OS. The lowest BCUT2D eigenvalue weighted by molar-refractivity contribution is 0.0985. The van der Waals surface area contributed by atoms with Crippen LogP contribution in [0.2, 0.25) is 0 Å². The highest BCUT2D eigenvalue weighted by atomic mass is 35.5. The van der Waals surface area contributed by atoms with Crippen molar-refractivity contribution in [3.8, 4) is 6.07 Å². The fourth-order valence-corrected chi connectivity index (χ4v) is 3.78. The molecule has 0 N–H and O–H groups in total. The molecule has 3 heterocycles. The monoisotopic (exact) mass is 310 g/mol. The van der Waals surface area contributed by atoms with Crippen LogP contribution in [0.1, 0.15) is 12.5 Å². The smallest absolute Gasteiger partial charge is 0.160 e. The minimum atomic E-state index is 0.280. The Morgan fingerprint density at radius 2 is 2.50 bits per heavy atom. The Hall–Kier alpha value is -1.16. The van der Waals surface area contributed by atoms with Crippen LogP contribution in [0.15, 0.2) is 11.0 Å². The van der Waals surface area contributed by atoms with Gasteiger partial charge in [0.1, 0.15) is 5.82 Å². The van der Waals surface area contributed by atoms with Gasteiger partial charge >= 0.3 is 0 Å². The number of fused-ring (bicyclic) bond motifs is 1. The zero-order valence-corrected chi connectivity index (χ0v) is 12.7. The Kier molecular flexibility index (Phi) is 3.92. The van der Waals surface area contributed by atoms with E-state index < -0.39 is 0 Å². The first-order valence-electron chi connectivity index (χ1n) is 6.52. The summed E-state index contributed by atoms with van der Waals surface area (Å²) in [4.78, 5) is 7.94. The third-order valence-electron chi connectivity index (χ3n) is 3.50. The molecule has 0 saturated carbocycles. The Morgan fingerprint density at radius 1 is 1.65 bits per heavy atom. The zero-order chi connectivity index (χ0) is 14.1. The van der Waals surface area contributed by atoms with Crippen molar-refractivity contribution in [2.75, 3.05) is 35.0 Å². The molecule has 1 aromatic rings. The highest BCUT2D eigenvalue weighted by Gasteiger charge is 2.27. The minimum Gasteiger partial charge on any atom is -0.377 e. The van der Waals surface area contributed by atoms with Gasteiger partial charge in [-0.3, -0.25) is 4.42 Å². The maximum absolute atomic E-state index is 9.01. The molecule has 5 nitrogen and oxygen atoms in total. The molecule has 0 radical (unpaired) electrons. The van der Waals surface area contributed by atoms with Crippen molar-refractivity contribution in [1.82, 2.24) is 4.98 Å². The molecular weight excluding hydrogens is 296 g/mol. The number of nitrogens with zero attached hydrogens (tertiary/aromatic N) is 4. The summed E-state index contributed by atoms with van der Waals surface area (Å²) in [6.45, 7) is 4.33. The summed E-state index contributed by atoms with van der Waals surface area (Å²) < 4.78 is 7.08. The molecule has 1 atom stereocenters. The first-order chi connectivity index (χ1) is 9.70. The van der Waals surface area contributed by atoms with Gasteiger partial charge in [-0.2, -0.15) is 5.26 Å². The van der Waals surface area contributed by atoms with E-state index >= 15 is 0 Å². The van der Waals surface area contributed by atoms with Gasteiger partial charge in [-0.1, -0.05) is 11.8 Å². The third-order valence-corrected chi connectivity index (χ3v) is 5.04. The first-order valence-corrected chi connectivity index (χ1v) is 7.84. The zero-order valence-electron chi connectivity index (χ0n) is 11.2. The number of hydrogen-bond donors (Lipinski definition) is 0. The van der Waals surface area contributed by atoms with Crippen molar-refractivity contribution >= 4 is 35.2 Å². The Balaban J connectivity index is 2.01. The number of rotatable bonds is 2. The lowest BCUT2D eigenvalue weighted by atomic mass is 10.1. The molecule has 1 fully saturated rings. The topological polar surface area (TPSA) is 52.4 Å². The van der Waals surface area contributed by atoms with E-state index in [-0.39, 0.29) is 6.04 Å². The van der Waals surface area contributed by atoms with Crippen molar-refractivity contribution in [2.24, 2.45) is 0 Å². The van der Waals surface area contributed by atoms with Crippen molar-refractivity contribution < 1.29 is 4.74 Å². The molecule has 1 aromatic heterocycles. The highest BCUT2D eigenvalue weighted by molar-refractivity contribution is 8.00. The van der Waals surface area contributed by atoms with Crippen LogP contribution in [0.4, 0.5) is 11.6 Å². The van der Waals surface area contributed by atoms with Crippen LogP contribution in [-0.4, -0.2) is 36.7 Å². The molecule has 0 aliphatic carbocycles. The van der Waals surface area contributed by atoms with Gasteiger partial charge in [0.2, 0.25) is 0 Å². The number of anilines is 2. The molecule has 3 rings (SSSR count). The van der Waals surface area contributed by atoms with E-state index in [1.807, 2.05) is 6.07 Å². The summed E-state index contributed by atoms with van der Waals surface area (Å²) in [5.74, 6) is 2.33. The van der Waals surface area contributed by atoms with Crippen LogP contribution >= 0.6 is 23.5 Å². The van der Waals surface area contributed by atoms with Crippen LogP contribution < -0.4 is 9.32 Å². The quantitative estimate of drug-likeness (QED) is 0.782. The van der Waals surface area contributed by atoms with E-state index in [1.165, 1.54) is 0 Å². The lowest BCUT2D eigenvalue weighted by Gasteiger charge is -2.34. The van der Waals surface area contributed by atoms with E-state index in [9.17, 15) is 0 Å². The fraction of sp³-hybridized carbons (Fsp3) is 0.538. The van der Waals surface area contributed by atoms with Gasteiger partial charge in [-0.15, -0.1) is 0 Å². The molecule has 0 aromatic carbocycles. The summed E-state index contributed by atoms with van der Waals surface area (Å²) >= 11 is 7.82. The summed E-state index contributed by atoms with van der Waals surface area (Å²) in [6.07, 6.45) is 0.383. The Labute approximate surface area is 127 Å². The molecule has 20 heavy (non-hydrogen) atoms. The lowest BCUT2D eigenvalue weighted by Crippen LogP contribution is -2.44. The molecule has 2 aliphatic heterocycles. The fourth-order valence-electron chi connectivity index (χ4n) is 2.49. The van der Waals surface area contributed by atoms with Crippen LogP contribution in [0.25, 0.3) is 0 Å². The molecule has 0 bridgehead atoms. The molecule has 0 unspecified atom stereocenters. The van der Waals surface area contributed by atoms with E-state index in [1.54, 1.807) is 16.2 Å². The molecule has 1 saturated heterocycles. The Bertz CT molecular complexity index is 562. The predicted molar refractivity (Wildman–Crippen MR) is 80.2 cm³/mol. The molecule has 0 amide bonds. The second kappa shape index (κ2) is 5.68. The number of nitriles is 1. The predicted octanol–water partition coefficient (Wildman–Crippen LogP) is 2.40. The number of halogens is 1. The van der Waals surface area contributed by atoms with Crippen molar-refractivity contribution in [1.29, 1.82) is 5.26 Å². The summed E-state index contributed by atoms with van der Waals surface area (Å²) in [5.41, 5.74) is 1.01. The van der Waals surface area contributed by atoms with E-state index in [2.05, 4.69) is 22.9 Å². The van der Waals surface area contributed by atoms with Crippen LogP contribution in [0.5, 0.6) is 0 Å². The van der Waals surface area contributed by atoms with Crippen molar-refractivity contribution in [3.63, 3.8) is 0 Å². The minimum absolute atomic E-state index is 0.280. The molecule has 2 aliphatic rings. The number of morpholine rings is 1. The normalized spacial score (nSPS) is 21.8. The molecule has 106 valence electrons. The number of aromatic nitrogens is 1. The summed E-state index contributed by atoms with van der Waals surface area (Å²) in [7, 11) is 0. The average molecular weight is 311 g/mol. The highest BCUT2D eigenvalue weighted by Crippen LogP contribution is 2.42. The van der Waals surface area contributed by atoms with Gasteiger partial charge in [-0.05, 0) is 18.6 Å². The maximum Gasteiger partial charge on any atom is 0.160 e. The van der Waals surface area contributed by atoms with Crippen molar-refractivity contribution in [2.45, 2.75) is 24.3 Å². The number of pyridine rings is 1. The van der Waals surface area contributed by atoms with Crippen LogP contribution in [-0.2, 0) is 11.2 Å². The summed E-state index contributed by atoms with van der Waals surface area (Å²) in [5, 5.41) is 9.01. The Morgan fingerprint density at radius 3 is 3.25 bits per heavy atom. The SMILES string of the molecule is C[C@@H]1COCCN1c1cc(CC#N)c2c(n1)N(Cl)CS2. The third kappa shape index (κ3) is 2.41. The largest absolute Gasteiger partial charge is 0.377 e. The van der Waals surface area contributed by atoms with Gasteiger partial charge in [0.05, 0.1) is 42.5 Å². The first kappa shape index (κ1) is 13.8. The van der Waals surface area contributed by atoms with Crippen molar-refractivity contribution in [3.05, 3.63) is 11.6 Å². The van der Waals surface area contributed by atoms with Gasteiger partial charge in [0, 0.05) is 18.3 Å². The second-order valence-electron chi connectivity index (χ2n) is 4.88. The van der Waals surface area contributed by atoms with E-state index in [0.717, 1.165) is 28.6 Å². The molecule has 7 heteroatoms. The number of hydrogen-bond acceptors (Lipinski definition) is 6. The van der Waals surface area contributed by atoms with Gasteiger partial charge in [0.15, 0.2) is 5.82 Å². The molecule has 0 spiro atoms. The van der Waals surface area contributed by atoms with Crippen LogP contribution in [0.3, 0.4) is 0 Å². The van der Waals surface area contributed by atoms with Gasteiger partial charge in [0.25, 0.3) is 0 Å². The maximum atomic E-state index is 9.01. The average Bonchev–Trinajstić information content (AvgIpc) is 2.82. The van der Waals surface area contributed by atoms with Gasteiger partial charge < -0.3 is 9.64 Å².